The SMILES string of the molecule is COC(=O)[C@@H](Cc1ccccc1)NC(=O)[C@@H](NC(=O)[C@H](C)NC(=O)C(=O)c1cc(Br)ccc1NC(C)=O)C(C)C.Cl. The molecule has 4 amide bonds. The molecule has 3 atom stereocenters. The fourth-order valence-electron chi connectivity index (χ4n) is 3.71. The van der Waals surface area contributed by atoms with Crippen LogP contribution >= 0.6 is 28.3 Å². The van der Waals surface area contributed by atoms with E-state index in [0.29, 0.717) is 4.47 Å². The Morgan fingerprint density at radius 1 is 0.878 bits per heavy atom. The van der Waals surface area contributed by atoms with Crippen molar-refractivity contribution in [1.29, 1.82) is 0 Å². The number of ketones is 1. The molecule has 0 heterocycles. The van der Waals surface area contributed by atoms with E-state index in [1.165, 1.54) is 33.1 Å². The van der Waals surface area contributed by atoms with Gasteiger partial charge in [0.15, 0.2) is 0 Å². The number of methoxy groups -OCH3 is 1. The average molecular weight is 654 g/mol. The molecule has 0 spiro atoms. The van der Waals surface area contributed by atoms with E-state index in [1.807, 2.05) is 18.2 Å². The van der Waals surface area contributed by atoms with Crippen molar-refractivity contribution in [2.75, 3.05) is 12.4 Å². The van der Waals surface area contributed by atoms with E-state index in [0.717, 1.165) is 5.56 Å². The van der Waals surface area contributed by atoms with Gasteiger partial charge in [-0.25, -0.2) is 4.79 Å². The molecule has 2 rings (SSSR count). The summed E-state index contributed by atoms with van der Waals surface area (Å²) in [6.45, 7) is 6.04. The number of halogens is 2. The Morgan fingerprint density at radius 2 is 1.51 bits per heavy atom. The number of amides is 4. The Kier molecular flexibility index (Phi) is 14.2. The van der Waals surface area contributed by atoms with Crippen molar-refractivity contribution in [3.8, 4) is 0 Å². The Balaban J connectivity index is 0.00000840. The van der Waals surface area contributed by atoms with E-state index < -0.39 is 53.5 Å². The summed E-state index contributed by atoms with van der Waals surface area (Å²) >= 11 is 3.23. The van der Waals surface area contributed by atoms with Gasteiger partial charge in [-0.05, 0) is 36.6 Å². The largest absolute Gasteiger partial charge is 0.467 e. The number of esters is 1. The summed E-state index contributed by atoms with van der Waals surface area (Å²) < 4.78 is 5.34. The van der Waals surface area contributed by atoms with Crippen molar-refractivity contribution in [2.45, 2.75) is 52.2 Å². The minimum absolute atomic E-state index is 0. The van der Waals surface area contributed by atoms with Crippen LogP contribution in [0, 0.1) is 5.92 Å². The number of ether oxygens (including phenoxy) is 1. The second-order valence-corrected chi connectivity index (χ2v) is 10.3. The molecule has 0 bridgehead atoms. The summed E-state index contributed by atoms with van der Waals surface area (Å²) in [5.74, 6) is -4.83. The molecular formula is C28H34BrClN4O7. The lowest BCUT2D eigenvalue weighted by Crippen LogP contribution is -2.57. The predicted octanol–water partition coefficient (Wildman–Crippen LogP) is 2.56. The average Bonchev–Trinajstić information content (AvgIpc) is 2.91. The molecule has 13 heteroatoms. The monoisotopic (exact) mass is 652 g/mol. The lowest BCUT2D eigenvalue weighted by Gasteiger charge is -2.26. The highest BCUT2D eigenvalue weighted by molar-refractivity contribution is 9.10. The van der Waals surface area contributed by atoms with Crippen LogP contribution in [-0.4, -0.2) is 60.6 Å². The van der Waals surface area contributed by atoms with Crippen molar-refractivity contribution in [3.05, 3.63) is 64.1 Å². The Morgan fingerprint density at radius 3 is 2.07 bits per heavy atom. The maximum absolute atomic E-state index is 13.1. The number of carbonyl (C=O) groups is 6. The molecule has 2 aromatic carbocycles. The third-order valence-corrected chi connectivity index (χ3v) is 6.31. The van der Waals surface area contributed by atoms with E-state index >= 15 is 0 Å². The van der Waals surface area contributed by atoms with Gasteiger partial charge in [0.2, 0.25) is 17.7 Å². The van der Waals surface area contributed by atoms with E-state index in [1.54, 1.807) is 32.0 Å². The lowest BCUT2D eigenvalue weighted by molar-refractivity contribution is -0.145. The van der Waals surface area contributed by atoms with Gasteiger partial charge in [-0.3, -0.25) is 24.0 Å². The number of carbonyl (C=O) groups excluding carboxylic acids is 6. The molecule has 0 saturated carbocycles. The van der Waals surface area contributed by atoms with Crippen LogP contribution in [0.1, 0.15) is 43.6 Å². The first-order valence-corrected chi connectivity index (χ1v) is 13.3. The van der Waals surface area contributed by atoms with E-state index in [2.05, 4.69) is 37.2 Å². The molecule has 0 aromatic heterocycles. The summed E-state index contributed by atoms with van der Waals surface area (Å²) in [5, 5.41) is 10.0. The first-order chi connectivity index (χ1) is 18.8. The molecule has 0 unspecified atom stereocenters. The molecule has 0 aliphatic heterocycles. The van der Waals surface area contributed by atoms with Gasteiger partial charge in [-0.2, -0.15) is 0 Å². The van der Waals surface area contributed by atoms with Gasteiger partial charge in [0.25, 0.3) is 11.7 Å². The summed E-state index contributed by atoms with van der Waals surface area (Å²) in [7, 11) is 1.22. The summed E-state index contributed by atoms with van der Waals surface area (Å²) in [5.41, 5.74) is 0.873. The smallest absolute Gasteiger partial charge is 0.328 e. The summed E-state index contributed by atoms with van der Waals surface area (Å²) in [6.07, 6.45) is 0.183. The quantitative estimate of drug-likeness (QED) is 0.156. The van der Waals surface area contributed by atoms with Gasteiger partial charge < -0.3 is 26.0 Å². The lowest BCUT2D eigenvalue weighted by atomic mass is 10.0. The van der Waals surface area contributed by atoms with Gasteiger partial charge in [-0.15, -0.1) is 12.4 Å². The van der Waals surface area contributed by atoms with Gasteiger partial charge in [-0.1, -0.05) is 60.1 Å². The van der Waals surface area contributed by atoms with Gasteiger partial charge >= 0.3 is 5.97 Å². The molecule has 0 saturated heterocycles. The van der Waals surface area contributed by atoms with E-state index in [4.69, 9.17) is 4.74 Å². The van der Waals surface area contributed by atoms with E-state index in [9.17, 15) is 28.8 Å². The highest BCUT2D eigenvalue weighted by Crippen LogP contribution is 2.22. The zero-order chi connectivity index (χ0) is 30.0. The molecule has 4 N–H and O–H groups in total. The molecule has 0 radical (unpaired) electrons. The van der Waals surface area contributed by atoms with Crippen LogP contribution in [0.15, 0.2) is 53.0 Å². The molecular weight excluding hydrogens is 620 g/mol. The van der Waals surface area contributed by atoms with Crippen LogP contribution in [0.5, 0.6) is 0 Å². The molecule has 11 nitrogen and oxygen atoms in total. The van der Waals surface area contributed by atoms with Crippen LogP contribution in [0.3, 0.4) is 0 Å². The highest BCUT2D eigenvalue weighted by atomic mass is 79.9. The van der Waals surface area contributed by atoms with Crippen LogP contribution in [0.2, 0.25) is 0 Å². The van der Waals surface area contributed by atoms with Crippen LogP contribution in [-0.2, 0) is 35.1 Å². The highest BCUT2D eigenvalue weighted by Gasteiger charge is 2.31. The first kappa shape index (κ1) is 35.3. The standard InChI is InChI=1S/C28H33BrN4O7.ClH/c1-15(2)23(26(37)32-22(28(39)40-5)13-18-9-7-6-8-10-18)33-25(36)16(3)30-27(38)24(35)20-14-19(29)11-12-21(20)31-17(4)34;/h6-12,14-16,22-23H,13H2,1-5H3,(H,30,38)(H,31,34)(H,32,37)(H,33,36);1H/t16-,22+,23-;/m0./s1. The van der Waals surface area contributed by atoms with Crippen molar-refractivity contribution in [2.24, 2.45) is 5.92 Å². The minimum atomic E-state index is -1.19. The summed E-state index contributed by atoms with van der Waals surface area (Å²) in [4.78, 5) is 75.4. The first-order valence-electron chi connectivity index (χ1n) is 12.5. The maximum atomic E-state index is 13.1. The zero-order valence-electron chi connectivity index (χ0n) is 23.3. The van der Waals surface area contributed by atoms with Crippen molar-refractivity contribution < 1.29 is 33.5 Å². The fraction of sp³-hybridized carbons (Fsp3) is 0.357. The predicted molar refractivity (Wildman–Crippen MR) is 158 cm³/mol. The van der Waals surface area contributed by atoms with Gasteiger partial charge in [0.1, 0.15) is 18.1 Å². The third-order valence-electron chi connectivity index (χ3n) is 5.82. The van der Waals surface area contributed by atoms with Crippen LogP contribution in [0.4, 0.5) is 5.69 Å². The number of hydrogen-bond donors (Lipinski definition) is 4. The molecule has 222 valence electrons. The van der Waals surface area contributed by atoms with E-state index in [-0.39, 0.29) is 36.0 Å². The number of benzene rings is 2. The summed E-state index contributed by atoms with van der Waals surface area (Å²) in [6, 6.07) is 10.3. The Labute approximate surface area is 253 Å². The van der Waals surface area contributed by atoms with Crippen molar-refractivity contribution in [3.63, 3.8) is 0 Å². The zero-order valence-corrected chi connectivity index (χ0v) is 25.7. The van der Waals surface area contributed by atoms with Gasteiger partial charge in [0, 0.05) is 17.8 Å². The number of Topliss-reactive ketones (excluding diaryl/α,β-unsaturated/α-hetero) is 1. The Bertz CT molecular complexity index is 1270. The molecule has 0 aliphatic rings. The van der Waals surface area contributed by atoms with Crippen LogP contribution < -0.4 is 21.3 Å². The number of rotatable bonds is 12. The van der Waals surface area contributed by atoms with Crippen molar-refractivity contribution in [1.82, 2.24) is 16.0 Å². The number of hydrogen-bond acceptors (Lipinski definition) is 7. The molecule has 0 fully saturated rings. The van der Waals surface area contributed by atoms with Crippen LogP contribution in [0.25, 0.3) is 0 Å². The molecule has 0 aliphatic carbocycles. The minimum Gasteiger partial charge on any atom is -0.467 e. The molecule has 2 aromatic rings. The normalized spacial score (nSPS) is 12.6. The third kappa shape index (κ3) is 10.6. The topological polar surface area (TPSA) is 160 Å². The second kappa shape index (κ2) is 16.5. The fourth-order valence-corrected chi connectivity index (χ4v) is 4.07. The second-order valence-electron chi connectivity index (χ2n) is 9.40. The van der Waals surface area contributed by atoms with Crippen molar-refractivity contribution >= 4 is 69.4 Å². The van der Waals surface area contributed by atoms with Gasteiger partial charge in [0.05, 0.1) is 18.4 Å². The Hall–Kier alpha value is -3.77. The molecule has 41 heavy (non-hydrogen) atoms. The maximum Gasteiger partial charge on any atom is 0.328 e. The number of nitrogens with one attached hydrogen (secondary N) is 4. The number of anilines is 1.